The average Bonchev–Trinajstić information content (AvgIpc) is 2.67. The molecule has 1 aromatic carbocycles. The first kappa shape index (κ1) is 11.4. The zero-order valence-corrected chi connectivity index (χ0v) is 9.69. The molecular weight excluding hydrogens is 222 g/mol. The molecule has 6 nitrogen and oxygen atoms in total. The molecule has 1 saturated heterocycles. The van der Waals surface area contributed by atoms with Crippen LogP contribution in [0.3, 0.4) is 0 Å². The van der Waals surface area contributed by atoms with E-state index in [4.69, 9.17) is 0 Å². The summed E-state index contributed by atoms with van der Waals surface area (Å²) in [6.07, 6.45) is 0. The number of carbonyl (C=O) groups excluding carboxylic acids is 1. The molecule has 90 valence electrons. The van der Waals surface area contributed by atoms with Gasteiger partial charge in [0.05, 0.1) is 4.92 Å². The van der Waals surface area contributed by atoms with Gasteiger partial charge in [0.25, 0.3) is 5.69 Å². The van der Waals surface area contributed by atoms with E-state index in [1.165, 1.54) is 6.07 Å². The molecule has 0 radical (unpaired) electrons. The number of anilines is 1. The van der Waals surface area contributed by atoms with Crippen molar-refractivity contribution in [3.63, 3.8) is 0 Å². The number of hydrogen-bond acceptors (Lipinski definition) is 3. The van der Waals surface area contributed by atoms with Gasteiger partial charge in [0.2, 0.25) is 0 Å². The molecule has 17 heavy (non-hydrogen) atoms. The van der Waals surface area contributed by atoms with Crippen molar-refractivity contribution < 1.29 is 9.72 Å². The normalized spacial score (nSPS) is 14.9. The highest BCUT2D eigenvalue weighted by Gasteiger charge is 2.24. The van der Waals surface area contributed by atoms with Gasteiger partial charge in [-0.25, -0.2) is 4.79 Å². The number of aryl methyl sites for hydroxylation is 2. The highest BCUT2D eigenvalue weighted by molar-refractivity contribution is 5.95. The van der Waals surface area contributed by atoms with E-state index < -0.39 is 4.92 Å². The smallest absolute Gasteiger partial charge is 0.322 e. The number of hydrogen-bond donors (Lipinski definition) is 1. The fourth-order valence-electron chi connectivity index (χ4n) is 1.97. The minimum absolute atomic E-state index is 0.0888. The fraction of sp³-hybridized carbons (Fsp3) is 0.364. The van der Waals surface area contributed by atoms with Crippen LogP contribution in [0, 0.1) is 24.0 Å². The Bertz CT molecular complexity index is 499. The topological polar surface area (TPSA) is 75.5 Å². The monoisotopic (exact) mass is 235 g/mol. The van der Waals surface area contributed by atoms with Crippen molar-refractivity contribution in [3.8, 4) is 0 Å². The number of amides is 2. The number of nitrogens with zero attached hydrogens (tertiary/aromatic N) is 2. The maximum atomic E-state index is 11.5. The molecule has 6 heteroatoms. The van der Waals surface area contributed by atoms with Crippen LogP contribution < -0.4 is 10.2 Å². The van der Waals surface area contributed by atoms with Crippen molar-refractivity contribution in [2.75, 3.05) is 18.0 Å². The van der Waals surface area contributed by atoms with E-state index in [-0.39, 0.29) is 11.7 Å². The summed E-state index contributed by atoms with van der Waals surface area (Å²) in [5.74, 6) is 0. The summed E-state index contributed by atoms with van der Waals surface area (Å²) in [5, 5.41) is 13.5. The molecule has 1 N–H and O–H groups in total. The van der Waals surface area contributed by atoms with Crippen molar-refractivity contribution in [2.45, 2.75) is 13.8 Å². The van der Waals surface area contributed by atoms with Crippen molar-refractivity contribution in [1.82, 2.24) is 5.32 Å². The predicted octanol–water partition coefficient (Wildman–Crippen LogP) is 1.74. The summed E-state index contributed by atoms with van der Waals surface area (Å²) in [4.78, 5) is 23.5. The van der Waals surface area contributed by atoms with Gasteiger partial charge in [-0.15, -0.1) is 0 Å². The van der Waals surface area contributed by atoms with Crippen LogP contribution in [0.15, 0.2) is 12.1 Å². The van der Waals surface area contributed by atoms with Gasteiger partial charge < -0.3 is 5.32 Å². The number of rotatable bonds is 2. The quantitative estimate of drug-likeness (QED) is 0.626. The minimum Gasteiger partial charge on any atom is -0.336 e. The fourth-order valence-corrected chi connectivity index (χ4v) is 1.97. The first-order valence-electron chi connectivity index (χ1n) is 5.31. The molecule has 2 amide bonds. The maximum Gasteiger partial charge on any atom is 0.322 e. The number of nitro benzene ring substituents is 1. The van der Waals surface area contributed by atoms with Gasteiger partial charge in [0.1, 0.15) is 0 Å². The molecular formula is C11H13N3O3. The molecule has 0 spiro atoms. The summed E-state index contributed by atoms with van der Waals surface area (Å²) in [5.41, 5.74) is 2.13. The predicted molar refractivity (Wildman–Crippen MR) is 63.3 cm³/mol. The van der Waals surface area contributed by atoms with Gasteiger partial charge in [0, 0.05) is 30.4 Å². The third kappa shape index (κ3) is 1.93. The van der Waals surface area contributed by atoms with Crippen LogP contribution in [0.1, 0.15) is 11.1 Å². The molecule has 1 heterocycles. The molecule has 0 aliphatic carbocycles. The first-order valence-corrected chi connectivity index (χ1v) is 5.31. The molecule has 0 unspecified atom stereocenters. The van der Waals surface area contributed by atoms with Crippen LogP contribution in [0.25, 0.3) is 0 Å². The number of nitro groups is 1. The van der Waals surface area contributed by atoms with Crippen molar-refractivity contribution in [2.24, 2.45) is 0 Å². The molecule has 0 atom stereocenters. The lowest BCUT2D eigenvalue weighted by atomic mass is 10.1. The van der Waals surface area contributed by atoms with Crippen molar-refractivity contribution >= 4 is 17.4 Å². The van der Waals surface area contributed by atoms with Gasteiger partial charge in [-0.1, -0.05) is 0 Å². The summed E-state index contributed by atoms with van der Waals surface area (Å²) < 4.78 is 0. The lowest BCUT2D eigenvalue weighted by Crippen LogP contribution is -2.28. The van der Waals surface area contributed by atoms with Gasteiger partial charge in [0.15, 0.2) is 0 Å². The third-order valence-electron chi connectivity index (χ3n) is 2.86. The summed E-state index contributed by atoms with van der Waals surface area (Å²) in [6, 6.07) is 3.05. The van der Waals surface area contributed by atoms with Crippen LogP contribution in [-0.2, 0) is 0 Å². The second kappa shape index (κ2) is 4.04. The van der Waals surface area contributed by atoms with Gasteiger partial charge in [-0.2, -0.15) is 0 Å². The highest BCUT2D eigenvalue weighted by atomic mass is 16.6. The Morgan fingerprint density at radius 2 is 2.06 bits per heavy atom. The van der Waals surface area contributed by atoms with Crippen molar-refractivity contribution in [1.29, 1.82) is 0 Å². The molecule has 1 aromatic rings. The van der Waals surface area contributed by atoms with Crippen LogP contribution in [0.5, 0.6) is 0 Å². The Kier molecular flexibility index (Phi) is 2.71. The standard InChI is InChI=1S/C11H13N3O3/c1-7-6-10(14(16)17)8(2)5-9(7)13-4-3-12-11(13)15/h5-6H,3-4H2,1-2H3,(H,12,15). The highest BCUT2D eigenvalue weighted by Crippen LogP contribution is 2.29. The largest absolute Gasteiger partial charge is 0.336 e. The van der Waals surface area contributed by atoms with E-state index in [9.17, 15) is 14.9 Å². The number of urea groups is 1. The molecule has 1 fully saturated rings. The minimum atomic E-state index is -0.407. The van der Waals surface area contributed by atoms with Gasteiger partial charge in [-0.05, 0) is 25.5 Å². The summed E-state index contributed by atoms with van der Waals surface area (Å²) in [7, 11) is 0. The Morgan fingerprint density at radius 3 is 2.59 bits per heavy atom. The van der Waals surface area contributed by atoms with E-state index >= 15 is 0 Å². The molecule has 0 saturated carbocycles. The summed E-state index contributed by atoms with van der Waals surface area (Å²) >= 11 is 0. The SMILES string of the molecule is Cc1cc([N+](=O)[O-])c(C)cc1N1CCNC1=O. The van der Waals surface area contributed by atoms with E-state index in [1.807, 2.05) is 0 Å². The Hall–Kier alpha value is -2.11. The van der Waals surface area contributed by atoms with Gasteiger partial charge >= 0.3 is 6.03 Å². The second-order valence-corrected chi connectivity index (χ2v) is 4.07. The molecule has 1 aliphatic heterocycles. The molecule has 1 aliphatic rings. The Labute approximate surface area is 98.4 Å². The Morgan fingerprint density at radius 1 is 1.35 bits per heavy atom. The van der Waals surface area contributed by atoms with Crippen LogP contribution in [-0.4, -0.2) is 24.0 Å². The van der Waals surface area contributed by atoms with E-state index in [1.54, 1.807) is 24.8 Å². The lowest BCUT2D eigenvalue weighted by Gasteiger charge is -2.17. The number of carbonyl (C=O) groups is 1. The first-order chi connectivity index (χ1) is 8.00. The molecule has 0 bridgehead atoms. The van der Waals surface area contributed by atoms with Crippen LogP contribution >= 0.6 is 0 Å². The third-order valence-corrected chi connectivity index (χ3v) is 2.86. The number of nitrogens with one attached hydrogen (secondary N) is 1. The second-order valence-electron chi connectivity index (χ2n) is 4.07. The van der Waals surface area contributed by atoms with Gasteiger partial charge in [-0.3, -0.25) is 15.0 Å². The zero-order chi connectivity index (χ0) is 12.6. The summed E-state index contributed by atoms with van der Waals surface area (Å²) in [6.45, 7) is 4.65. The van der Waals surface area contributed by atoms with E-state index in [2.05, 4.69) is 5.32 Å². The zero-order valence-electron chi connectivity index (χ0n) is 9.69. The average molecular weight is 235 g/mol. The molecule has 0 aromatic heterocycles. The molecule has 2 rings (SSSR count). The van der Waals surface area contributed by atoms with Crippen LogP contribution in [0.4, 0.5) is 16.2 Å². The lowest BCUT2D eigenvalue weighted by molar-refractivity contribution is -0.385. The van der Waals surface area contributed by atoms with E-state index in [0.717, 1.165) is 11.3 Å². The van der Waals surface area contributed by atoms with Crippen molar-refractivity contribution in [3.05, 3.63) is 33.4 Å². The number of benzene rings is 1. The maximum absolute atomic E-state index is 11.5. The van der Waals surface area contributed by atoms with Crippen LogP contribution in [0.2, 0.25) is 0 Å². The Balaban J connectivity index is 2.46. The van der Waals surface area contributed by atoms with E-state index in [0.29, 0.717) is 18.7 Å².